The molecule has 0 saturated carbocycles. The van der Waals surface area contributed by atoms with Crippen molar-refractivity contribution in [3.8, 4) is 6.07 Å². The van der Waals surface area contributed by atoms with Crippen LogP contribution < -0.4 is 0 Å². The molecule has 0 aliphatic heterocycles. The number of nitriles is 1. The van der Waals surface area contributed by atoms with Gasteiger partial charge < -0.3 is 0 Å². The largest absolute Gasteiger partial charge is 0.207 e. The van der Waals surface area contributed by atoms with E-state index in [-0.39, 0.29) is 11.4 Å². The maximum absolute atomic E-state index is 13.4. The number of hydrogen-bond donors (Lipinski definition) is 0. The van der Waals surface area contributed by atoms with Crippen LogP contribution in [0.15, 0.2) is 12.1 Å². The third-order valence-corrected chi connectivity index (χ3v) is 2.22. The lowest BCUT2D eigenvalue weighted by Gasteiger charge is -2.08. The van der Waals surface area contributed by atoms with Crippen LogP contribution in [0.2, 0.25) is 5.02 Å². The van der Waals surface area contributed by atoms with Crippen LogP contribution in [0.1, 0.15) is 25.0 Å². The third kappa shape index (κ3) is 2.46. The predicted octanol–water partition coefficient (Wildman–Crippen LogP) is 3.55. The van der Waals surface area contributed by atoms with Crippen LogP contribution >= 0.6 is 11.6 Å². The van der Waals surface area contributed by atoms with Gasteiger partial charge in [-0.2, -0.15) is 5.26 Å². The number of rotatable bonds is 2. The molecular formula is C11H11ClFN. The molecule has 0 amide bonds. The Kier molecular flexibility index (Phi) is 3.49. The summed E-state index contributed by atoms with van der Waals surface area (Å²) in [5, 5.41) is 8.93. The van der Waals surface area contributed by atoms with Crippen molar-refractivity contribution in [2.75, 3.05) is 0 Å². The number of halogens is 2. The van der Waals surface area contributed by atoms with Gasteiger partial charge in [-0.15, -0.1) is 0 Å². The van der Waals surface area contributed by atoms with Crippen LogP contribution in [0.25, 0.3) is 0 Å². The van der Waals surface area contributed by atoms with Gasteiger partial charge in [-0.3, -0.25) is 0 Å². The Balaban J connectivity index is 3.13. The second kappa shape index (κ2) is 4.43. The molecule has 0 atom stereocenters. The summed E-state index contributed by atoms with van der Waals surface area (Å²) in [6.07, 6.45) is 0.594. The standard InChI is InChI=1S/C11H11ClFN/c1-7(2)3-9-10(12)4-8(6-14)5-11(9)13/h4-5,7H,3H2,1-2H3. The van der Waals surface area contributed by atoms with E-state index in [9.17, 15) is 4.39 Å². The minimum Gasteiger partial charge on any atom is -0.207 e. The Hall–Kier alpha value is -1.07. The van der Waals surface area contributed by atoms with Crippen LogP contribution in [-0.2, 0) is 6.42 Å². The molecule has 0 bridgehead atoms. The van der Waals surface area contributed by atoms with Crippen molar-refractivity contribution in [3.63, 3.8) is 0 Å². The van der Waals surface area contributed by atoms with E-state index in [0.29, 0.717) is 22.9 Å². The second-order valence-corrected chi connectivity index (χ2v) is 4.04. The summed E-state index contributed by atoms with van der Waals surface area (Å²) < 4.78 is 13.4. The first-order valence-corrected chi connectivity index (χ1v) is 4.80. The van der Waals surface area contributed by atoms with Crippen LogP contribution in [-0.4, -0.2) is 0 Å². The number of hydrogen-bond acceptors (Lipinski definition) is 1. The lowest BCUT2D eigenvalue weighted by molar-refractivity contribution is 0.574. The summed E-state index contributed by atoms with van der Waals surface area (Å²) in [4.78, 5) is 0. The fourth-order valence-electron chi connectivity index (χ4n) is 1.27. The van der Waals surface area contributed by atoms with Crippen molar-refractivity contribution >= 4 is 11.6 Å². The molecule has 0 unspecified atom stereocenters. The average molecular weight is 212 g/mol. The highest BCUT2D eigenvalue weighted by molar-refractivity contribution is 6.31. The highest BCUT2D eigenvalue weighted by Gasteiger charge is 2.10. The minimum atomic E-state index is -0.386. The summed E-state index contributed by atoms with van der Waals surface area (Å²) in [5.41, 5.74) is 0.765. The van der Waals surface area contributed by atoms with Crippen molar-refractivity contribution in [1.29, 1.82) is 5.26 Å². The summed E-state index contributed by atoms with van der Waals surface area (Å²) >= 11 is 5.87. The molecule has 0 aliphatic rings. The Morgan fingerprint density at radius 2 is 2.14 bits per heavy atom. The van der Waals surface area contributed by atoms with E-state index < -0.39 is 0 Å². The van der Waals surface area contributed by atoms with E-state index in [1.54, 1.807) is 0 Å². The van der Waals surface area contributed by atoms with Gasteiger partial charge >= 0.3 is 0 Å². The van der Waals surface area contributed by atoms with Gasteiger partial charge in [0.25, 0.3) is 0 Å². The maximum Gasteiger partial charge on any atom is 0.129 e. The zero-order chi connectivity index (χ0) is 10.7. The fourth-order valence-corrected chi connectivity index (χ4v) is 1.56. The van der Waals surface area contributed by atoms with E-state index >= 15 is 0 Å². The van der Waals surface area contributed by atoms with Gasteiger partial charge in [0.1, 0.15) is 5.82 Å². The van der Waals surface area contributed by atoms with Crippen molar-refractivity contribution < 1.29 is 4.39 Å². The summed E-state index contributed by atoms with van der Waals surface area (Å²) in [5.74, 6) is -0.0438. The van der Waals surface area contributed by atoms with Gasteiger partial charge in [-0.25, -0.2) is 4.39 Å². The molecular weight excluding hydrogens is 201 g/mol. The normalized spacial score (nSPS) is 10.3. The molecule has 0 heterocycles. The van der Waals surface area contributed by atoms with Crippen LogP contribution in [0.3, 0.4) is 0 Å². The van der Waals surface area contributed by atoms with E-state index in [0.717, 1.165) is 0 Å². The van der Waals surface area contributed by atoms with E-state index in [2.05, 4.69) is 0 Å². The van der Waals surface area contributed by atoms with Crippen LogP contribution in [0.4, 0.5) is 4.39 Å². The molecule has 0 aliphatic carbocycles. The molecule has 1 nitrogen and oxygen atoms in total. The smallest absolute Gasteiger partial charge is 0.129 e. The Bertz CT molecular complexity index is 356. The monoisotopic (exact) mass is 211 g/mol. The fraction of sp³-hybridized carbons (Fsp3) is 0.364. The topological polar surface area (TPSA) is 23.8 Å². The quantitative estimate of drug-likeness (QED) is 0.734. The lowest BCUT2D eigenvalue weighted by Crippen LogP contribution is -1.99. The van der Waals surface area contributed by atoms with Gasteiger partial charge in [0.15, 0.2) is 0 Å². The Morgan fingerprint density at radius 1 is 1.50 bits per heavy atom. The van der Waals surface area contributed by atoms with Gasteiger partial charge in [0.05, 0.1) is 11.6 Å². The molecule has 0 spiro atoms. The highest BCUT2D eigenvalue weighted by atomic mass is 35.5. The van der Waals surface area contributed by atoms with Crippen LogP contribution in [0, 0.1) is 23.1 Å². The molecule has 0 saturated heterocycles. The molecule has 1 aromatic rings. The maximum atomic E-state index is 13.4. The Morgan fingerprint density at radius 3 is 2.57 bits per heavy atom. The van der Waals surface area contributed by atoms with Crippen molar-refractivity contribution in [2.45, 2.75) is 20.3 Å². The molecule has 74 valence electrons. The molecule has 0 fully saturated rings. The first kappa shape index (κ1) is 11.0. The van der Waals surface area contributed by atoms with Gasteiger partial charge in [0.2, 0.25) is 0 Å². The van der Waals surface area contributed by atoms with Gasteiger partial charge in [0, 0.05) is 10.6 Å². The molecule has 1 rings (SSSR count). The molecule has 0 aromatic heterocycles. The predicted molar refractivity (Wildman–Crippen MR) is 54.7 cm³/mol. The number of benzene rings is 1. The SMILES string of the molecule is CC(C)Cc1c(F)cc(C#N)cc1Cl. The van der Waals surface area contributed by atoms with Crippen molar-refractivity contribution in [2.24, 2.45) is 5.92 Å². The Labute approximate surface area is 88.1 Å². The number of nitrogens with zero attached hydrogens (tertiary/aromatic N) is 1. The van der Waals surface area contributed by atoms with Gasteiger partial charge in [-0.05, 0) is 24.5 Å². The second-order valence-electron chi connectivity index (χ2n) is 3.63. The summed E-state index contributed by atoms with van der Waals surface area (Å²) in [6.45, 7) is 3.99. The first-order valence-electron chi connectivity index (χ1n) is 4.42. The van der Waals surface area contributed by atoms with Crippen molar-refractivity contribution in [1.82, 2.24) is 0 Å². The summed E-state index contributed by atoms with van der Waals surface area (Å²) in [6, 6.07) is 4.59. The minimum absolute atomic E-state index is 0.264. The highest BCUT2D eigenvalue weighted by Crippen LogP contribution is 2.23. The third-order valence-electron chi connectivity index (χ3n) is 1.88. The van der Waals surface area contributed by atoms with E-state index in [4.69, 9.17) is 16.9 Å². The molecule has 3 heteroatoms. The van der Waals surface area contributed by atoms with E-state index in [1.165, 1.54) is 12.1 Å². The first-order chi connectivity index (χ1) is 6.54. The molecule has 14 heavy (non-hydrogen) atoms. The zero-order valence-electron chi connectivity index (χ0n) is 8.14. The van der Waals surface area contributed by atoms with E-state index in [1.807, 2.05) is 19.9 Å². The van der Waals surface area contributed by atoms with Crippen molar-refractivity contribution in [3.05, 3.63) is 34.1 Å². The average Bonchev–Trinajstić information content (AvgIpc) is 2.10. The molecule has 0 N–H and O–H groups in total. The molecule has 0 radical (unpaired) electrons. The van der Waals surface area contributed by atoms with Crippen LogP contribution in [0.5, 0.6) is 0 Å². The zero-order valence-corrected chi connectivity index (χ0v) is 8.90. The van der Waals surface area contributed by atoms with Gasteiger partial charge in [-0.1, -0.05) is 25.4 Å². The molecule has 1 aromatic carbocycles. The lowest BCUT2D eigenvalue weighted by atomic mass is 10.0. The summed E-state index contributed by atoms with van der Waals surface area (Å²) in [7, 11) is 0.